The molecule has 0 bridgehead atoms. The molecule has 0 unspecified atom stereocenters. The third kappa shape index (κ3) is 3.91. The summed E-state index contributed by atoms with van der Waals surface area (Å²) in [7, 11) is 1.66. The number of aryl methyl sites for hydroxylation is 1. The highest BCUT2D eigenvalue weighted by molar-refractivity contribution is 5.53. The summed E-state index contributed by atoms with van der Waals surface area (Å²) in [5, 5.41) is 0. The lowest BCUT2D eigenvalue weighted by Gasteiger charge is -2.41. The van der Waals surface area contributed by atoms with E-state index in [1.165, 1.54) is 11.3 Å². The van der Waals surface area contributed by atoms with Crippen LogP contribution in [0.25, 0.3) is 0 Å². The first-order valence-electron chi connectivity index (χ1n) is 8.50. The lowest BCUT2D eigenvalue weighted by atomic mass is 10.1. The SMILES string of the molecule is COCc1ncc(CN2CCN(c3ccccc3C)C[C@@H]2C)cn1. The van der Waals surface area contributed by atoms with Gasteiger partial charge in [0.15, 0.2) is 5.82 Å². The number of nitrogens with zero attached hydrogens (tertiary/aromatic N) is 4. The van der Waals surface area contributed by atoms with Gasteiger partial charge in [-0.2, -0.15) is 0 Å². The van der Waals surface area contributed by atoms with Gasteiger partial charge in [-0.05, 0) is 25.5 Å². The lowest BCUT2D eigenvalue weighted by Crippen LogP contribution is -2.51. The van der Waals surface area contributed by atoms with Crippen molar-refractivity contribution in [2.75, 3.05) is 31.6 Å². The summed E-state index contributed by atoms with van der Waals surface area (Å²) in [5.74, 6) is 0.735. The molecule has 1 aromatic heterocycles. The van der Waals surface area contributed by atoms with Crippen LogP contribution in [0.15, 0.2) is 36.7 Å². The first-order valence-corrected chi connectivity index (χ1v) is 8.50. The molecule has 1 fully saturated rings. The summed E-state index contributed by atoms with van der Waals surface area (Å²) in [4.78, 5) is 13.7. The predicted octanol–water partition coefficient (Wildman–Crippen LogP) is 2.64. The molecule has 0 amide bonds. The summed E-state index contributed by atoms with van der Waals surface area (Å²) in [5.41, 5.74) is 3.86. The molecule has 2 heterocycles. The van der Waals surface area contributed by atoms with Crippen molar-refractivity contribution in [3.8, 4) is 0 Å². The quantitative estimate of drug-likeness (QED) is 0.845. The highest BCUT2D eigenvalue weighted by Crippen LogP contribution is 2.23. The van der Waals surface area contributed by atoms with E-state index >= 15 is 0 Å². The average Bonchev–Trinajstić information content (AvgIpc) is 2.59. The summed E-state index contributed by atoms with van der Waals surface area (Å²) >= 11 is 0. The van der Waals surface area contributed by atoms with Crippen molar-refractivity contribution in [1.29, 1.82) is 0 Å². The Morgan fingerprint density at radius 2 is 1.92 bits per heavy atom. The topological polar surface area (TPSA) is 41.5 Å². The van der Waals surface area contributed by atoms with Crippen LogP contribution >= 0.6 is 0 Å². The highest BCUT2D eigenvalue weighted by Gasteiger charge is 2.24. The lowest BCUT2D eigenvalue weighted by molar-refractivity contribution is 0.175. The number of aromatic nitrogens is 2. The number of para-hydroxylation sites is 1. The number of anilines is 1. The van der Waals surface area contributed by atoms with Crippen molar-refractivity contribution in [1.82, 2.24) is 14.9 Å². The van der Waals surface area contributed by atoms with Crippen molar-refractivity contribution in [3.05, 3.63) is 53.6 Å². The summed E-state index contributed by atoms with van der Waals surface area (Å²) in [6.45, 7) is 9.00. The van der Waals surface area contributed by atoms with Crippen LogP contribution in [0.4, 0.5) is 5.69 Å². The van der Waals surface area contributed by atoms with Gasteiger partial charge in [0.1, 0.15) is 6.61 Å². The molecule has 24 heavy (non-hydrogen) atoms. The molecule has 0 aliphatic carbocycles. The normalized spacial score (nSPS) is 18.8. The first kappa shape index (κ1) is 16.9. The van der Waals surface area contributed by atoms with E-state index in [0.717, 1.165) is 37.6 Å². The molecular weight excluding hydrogens is 300 g/mol. The Morgan fingerprint density at radius 1 is 1.17 bits per heavy atom. The number of hydrogen-bond donors (Lipinski definition) is 0. The Hall–Kier alpha value is -1.98. The van der Waals surface area contributed by atoms with Gasteiger partial charge in [0.2, 0.25) is 0 Å². The number of hydrogen-bond acceptors (Lipinski definition) is 5. The molecule has 5 nitrogen and oxygen atoms in total. The van der Waals surface area contributed by atoms with E-state index in [9.17, 15) is 0 Å². The maximum Gasteiger partial charge on any atom is 0.153 e. The Labute approximate surface area is 144 Å². The second kappa shape index (κ2) is 7.73. The third-order valence-corrected chi connectivity index (χ3v) is 4.64. The molecule has 0 saturated carbocycles. The Kier molecular flexibility index (Phi) is 5.43. The van der Waals surface area contributed by atoms with E-state index < -0.39 is 0 Å². The molecule has 0 spiro atoms. The van der Waals surface area contributed by atoms with Crippen molar-refractivity contribution in [2.24, 2.45) is 0 Å². The van der Waals surface area contributed by atoms with Crippen molar-refractivity contribution in [2.45, 2.75) is 33.0 Å². The maximum absolute atomic E-state index is 5.06. The van der Waals surface area contributed by atoms with Crippen LogP contribution < -0.4 is 4.90 Å². The van der Waals surface area contributed by atoms with Gasteiger partial charge in [0, 0.05) is 63.0 Å². The van der Waals surface area contributed by atoms with Gasteiger partial charge in [0.25, 0.3) is 0 Å². The van der Waals surface area contributed by atoms with E-state index in [-0.39, 0.29) is 0 Å². The van der Waals surface area contributed by atoms with Gasteiger partial charge in [-0.15, -0.1) is 0 Å². The Balaban J connectivity index is 1.60. The number of ether oxygens (including phenoxy) is 1. The molecule has 0 N–H and O–H groups in total. The molecule has 1 aromatic carbocycles. The molecule has 2 aromatic rings. The van der Waals surface area contributed by atoms with Gasteiger partial charge in [-0.1, -0.05) is 18.2 Å². The molecule has 3 rings (SSSR count). The maximum atomic E-state index is 5.06. The van der Waals surface area contributed by atoms with Crippen LogP contribution in [-0.2, 0) is 17.9 Å². The molecule has 128 valence electrons. The zero-order valence-electron chi connectivity index (χ0n) is 14.8. The summed E-state index contributed by atoms with van der Waals surface area (Å²) in [6, 6.07) is 9.13. The molecule has 0 radical (unpaired) electrons. The second-order valence-corrected chi connectivity index (χ2v) is 6.49. The molecule has 1 atom stereocenters. The minimum atomic E-state index is 0.464. The summed E-state index contributed by atoms with van der Waals surface area (Å²) < 4.78 is 5.06. The molecule has 1 aliphatic heterocycles. The van der Waals surface area contributed by atoms with Crippen LogP contribution in [0.2, 0.25) is 0 Å². The number of piperazine rings is 1. The van der Waals surface area contributed by atoms with Crippen LogP contribution in [0.3, 0.4) is 0 Å². The van der Waals surface area contributed by atoms with Gasteiger partial charge >= 0.3 is 0 Å². The van der Waals surface area contributed by atoms with Crippen LogP contribution in [-0.4, -0.2) is 47.7 Å². The third-order valence-electron chi connectivity index (χ3n) is 4.64. The molecular formula is C19H26N4O. The van der Waals surface area contributed by atoms with Crippen LogP contribution in [0.5, 0.6) is 0 Å². The predicted molar refractivity (Wildman–Crippen MR) is 96.0 cm³/mol. The zero-order chi connectivity index (χ0) is 16.9. The Bertz CT molecular complexity index is 659. The fraction of sp³-hybridized carbons (Fsp3) is 0.474. The minimum Gasteiger partial charge on any atom is -0.377 e. The van der Waals surface area contributed by atoms with E-state index in [2.05, 4.69) is 57.9 Å². The first-order chi connectivity index (χ1) is 11.7. The minimum absolute atomic E-state index is 0.464. The molecule has 1 saturated heterocycles. The van der Waals surface area contributed by atoms with Crippen molar-refractivity contribution in [3.63, 3.8) is 0 Å². The largest absolute Gasteiger partial charge is 0.377 e. The second-order valence-electron chi connectivity index (χ2n) is 6.49. The van der Waals surface area contributed by atoms with Crippen LogP contribution in [0.1, 0.15) is 23.9 Å². The van der Waals surface area contributed by atoms with Gasteiger partial charge in [0.05, 0.1) is 0 Å². The van der Waals surface area contributed by atoms with E-state index in [4.69, 9.17) is 4.74 Å². The smallest absolute Gasteiger partial charge is 0.153 e. The average molecular weight is 326 g/mol. The molecule has 5 heteroatoms. The van der Waals surface area contributed by atoms with Gasteiger partial charge in [-0.3, -0.25) is 4.90 Å². The number of methoxy groups -OCH3 is 1. The molecule has 1 aliphatic rings. The van der Waals surface area contributed by atoms with Crippen molar-refractivity contribution >= 4 is 5.69 Å². The number of benzene rings is 1. The van der Waals surface area contributed by atoms with E-state index in [0.29, 0.717) is 12.6 Å². The fourth-order valence-electron chi connectivity index (χ4n) is 3.27. The standard InChI is InChI=1S/C19H26N4O/c1-15-6-4-5-7-18(15)23-9-8-22(16(2)12-23)13-17-10-20-19(14-24-3)21-11-17/h4-7,10-11,16H,8-9,12-14H2,1-3H3/t16-/m0/s1. The summed E-state index contributed by atoms with van der Waals surface area (Å²) in [6.07, 6.45) is 3.84. The highest BCUT2D eigenvalue weighted by atomic mass is 16.5. The van der Waals surface area contributed by atoms with E-state index in [1.54, 1.807) is 7.11 Å². The Morgan fingerprint density at radius 3 is 2.58 bits per heavy atom. The van der Waals surface area contributed by atoms with Gasteiger partial charge < -0.3 is 9.64 Å². The van der Waals surface area contributed by atoms with E-state index in [1.807, 2.05) is 12.4 Å². The number of rotatable bonds is 5. The monoisotopic (exact) mass is 326 g/mol. The van der Waals surface area contributed by atoms with Crippen LogP contribution in [0, 0.1) is 6.92 Å². The van der Waals surface area contributed by atoms with Crippen molar-refractivity contribution < 1.29 is 4.74 Å². The zero-order valence-corrected chi connectivity index (χ0v) is 14.8. The van der Waals surface area contributed by atoms with Gasteiger partial charge in [-0.25, -0.2) is 9.97 Å². The fourth-order valence-corrected chi connectivity index (χ4v) is 3.27.